The number of piperidine rings is 1. The lowest BCUT2D eigenvalue weighted by Gasteiger charge is -2.26. The Hall–Kier alpha value is -1.95. The van der Waals surface area contributed by atoms with Crippen molar-refractivity contribution < 1.29 is 19.1 Å². The van der Waals surface area contributed by atoms with Gasteiger partial charge in [-0.3, -0.25) is 9.59 Å². The minimum Gasteiger partial charge on any atom is -0.489 e. The van der Waals surface area contributed by atoms with Crippen molar-refractivity contribution in [3.8, 4) is 11.5 Å². The van der Waals surface area contributed by atoms with Crippen molar-refractivity contribution in [2.24, 2.45) is 0 Å². The molecule has 2 amide bonds. The van der Waals surface area contributed by atoms with Gasteiger partial charge < -0.3 is 19.7 Å². The average Bonchev–Trinajstić information content (AvgIpc) is 2.86. The molecule has 2 aliphatic heterocycles. The van der Waals surface area contributed by atoms with E-state index in [1.807, 2.05) is 0 Å². The number of hydrogen-bond acceptors (Lipinski definition) is 4. The Morgan fingerprint density at radius 2 is 1.83 bits per heavy atom. The summed E-state index contributed by atoms with van der Waals surface area (Å²) in [6, 6.07) is 3.14. The minimum absolute atomic E-state index is 0.00903. The lowest BCUT2D eigenvalue weighted by molar-refractivity contribution is -0.130. The number of hydrogen-bond donors (Lipinski definition) is 1. The van der Waals surface area contributed by atoms with Crippen LogP contribution < -0.4 is 14.8 Å². The molecule has 0 bridgehead atoms. The van der Waals surface area contributed by atoms with Crippen LogP contribution in [-0.2, 0) is 4.79 Å². The van der Waals surface area contributed by atoms with Crippen LogP contribution in [0.4, 0.5) is 0 Å². The van der Waals surface area contributed by atoms with Gasteiger partial charge in [-0.1, -0.05) is 11.6 Å². The maximum absolute atomic E-state index is 12.3. The van der Waals surface area contributed by atoms with E-state index in [9.17, 15) is 9.59 Å². The first-order chi connectivity index (χ1) is 11.6. The van der Waals surface area contributed by atoms with Crippen LogP contribution in [0.2, 0.25) is 5.02 Å². The summed E-state index contributed by atoms with van der Waals surface area (Å²) < 4.78 is 11.1. The molecule has 0 aromatic heterocycles. The van der Waals surface area contributed by atoms with Crippen molar-refractivity contribution in [3.63, 3.8) is 0 Å². The Balaban J connectivity index is 1.63. The van der Waals surface area contributed by atoms with Crippen molar-refractivity contribution >= 4 is 23.4 Å². The molecule has 0 radical (unpaired) electrons. The third-order valence-electron chi connectivity index (χ3n) is 4.17. The zero-order valence-corrected chi connectivity index (χ0v) is 14.2. The van der Waals surface area contributed by atoms with Gasteiger partial charge in [-0.25, -0.2) is 0 Å². The lowest BCUT2D eigenvalue weighted by atomic mass is 10.1. The fourth-order valence-corrected chi connectivity index (χ4v) is 3.14. The summed E-state index contributed by atoms with van der Waals surface area (Å²) in [4.78, 5) is 26.2. The summed E-state index contributed by atoms with van der Waals surface area (Å²) in [6.45, 7) is 2.57. The van der Waals surface area contributed by atoms with Crippen LogP contribution in [0.1, 0.15) is 36.0 Å². The summed E-state index contributed by atoms with van der Waals surface area (Å²) in [6.07, 6.45) is 3.97. The molecule has 1 aromatic rings. The molecule has 3 rings (SSSR count). The highest BCUT2D eigenvalue weighted by atomic mass is 35.5. The van der Waals surface area contributed by atoms with Crippen LogP contribution in [0.15, 0.2) is 12.1 Å². The van der Waals surface area contributed by atoms with Gasteiger partial charge in [-0.15, -0.1) is 0 Å². The van der Waals surface area contributed by atoms with E-state index in [1.54, 1.807) is 11.0 Å². The Kier molecular flexibility index (Phi) is 5.45. The van der Waals surface area contributed by atoms with E-state index in [-0.39, 0.29) is 18.4 Å². The average molecular weight is 353 g/mol. The van der Waals surface area contributed by atoms with Gasteiger partial charge in [0.15, 0.2) is 11.5 Å². The van der Waals surface area contributed by atoms with Gasteiger partial charge in [-0.2, -0.15) is 0 Å². The third kappa shape index (κ3) is 3.93. The molecule has 7 heteroatoms. The quantitative estimate of drug-likeness (QED) is 0.906. The van der Waals surface area contributed by atoms with E-state index in [2.05, 4.69) is 5.32 Å². The van der Waals surface area contributed by atoms with E-state index in [0.717, 1.165) is 38.8 Å². The smallest absolute Gasteiger partial charge is 0.251 e. The van der Waals surface area contributed by atoms with Gasteiger partial charge in [0.2, 0.25) is 5.91 Å². The van der Waals surface area contributed by atoms with Gasteiger partial charge >= 0.3 is 0 Å². The Bertz CT molecular complexity index is 629. The summed E-state index contributed by atoms with van der Waals surface area (Å²) in [5.74, 6) is 0.531. The van der Waals surface area contributed by atoms with Gasteiger partial charge in [0.05, 0.1) is 24.8 Å². The number of carbonyl (C=O) groups is 2. The van der Waals surface area contributed by atoms with E-state index in [4.69, 9.17) is 21.1 Å². The van der Waals surface area contributed by atoms with Crippen LogP contribution in [0, 0.1) is 0 Å². The summed E-state index contributed by atoms with van der Waals surface area (Å²) in [5, 5.41) is 3.00. The van der Waals surface area contributed by atoms with Crippen LogP contribution in [0.3, 0.4) is 0 Å². The third-order valence-corrected chi connectivity index (χ3v) is 4.45. The molecule has 6 nitrogen and oxygen atoms in total. The molecule has 0 unspecified atom stereocenters. The van der Waals surface area contributed by atoms with Crippen molar-refractivity contribution in [1.29, 1.82) is 0 Å². The molecule has 2 heterocycles. The maximum atomic E-state index is 12.3. The normalized spacial score (nSPS) is 17.1. The highest BCUT2D eigenvalue weighted by Gasteiger charge is 2.20. The molecule has 1 N–H and O–H groups in total. The number of amides is 2. The SMILES string of the molecule is O=C(NCC(=O)N1CCCCC1)c1cc(Cl)c2c(c1)OCCCO2. The number of rotatable bonds is 3. The van der Waals surface area contributed by atoms with Crippen molar-refractivity contribution in [3.05, 3.63) is 22.7 Å². The Labute approximate surface area is 146 Å². The number of halogens is 1. The zero-order valence-electron chi connectivity index (χ0n) is 13.5. The molecule has 1 saturated heterocycles. The molecule has 1 aromatic carbocycles. The lowest BCUT2D eigenvalue weighted by Crippen LogP contribution is -2.42. The fourth-order valence-electron chi connectivity index (χ4n) is 2.87. The molecule has 0 saturated carbocycles. The number of nitrogens with one attached hydrogen (secondary N) is 1. The second-order valence-corrected chi connectivity index (χ2v) is 6.37. The second-order valence-electron chi connectivity index (χ2n) is 5.96. The Morgan fingerprint density at radius 3 is 2.62 bits per heavy atom. The van der Waals surface area contributed by atoms with E-state index in [1.165, 1.54) is 6.07 Å². The van der Waals surface area contributed by atoms with Crippen LogP contribution in [-0.4, -0.2) is 49.6 Å². The fraction of sp³-hybridized carbons (Fsp3) is 0.529. The second kappa shape index (κ2) is 7.75. The number of benzene rings is 1. The highest BCUT2D eigenvalue weighted by Crippen LogP contribution is 2.37. The molecule has 0 atom stereocenters. The summed E-state index contributed by atoms with van der Waals surface area (Å²) in [7, 11) is 0. The number of fused-ring (bicyclic) bond motifs is 1. The number of nitrogens with zero attached hydrogens (tertiary/aromatic N) is 1. The maximum Gasteiger partial charge on any atom is 0.251 e. The van der Waals surface area contributed by atoms with Crippen LogP contribution in [0.5, 0.6) is 11.5 Å². The summed E-state index contributed by atoms with van der Waals surface area (Å²) in [5.41, 5.74) is 0.357. The van der Waals surface area contributed by atoms with E-state index in [0.29, 0.717) is 35.3 Å². The molecule has 0 aliphatic carbocycles. The zero-order chi connectivity index (χ0) is 16.9. The molecule has 24 heavy (non-hydrogen) atoms. The van der Waals surface area contributed by atoms with Crippen molar-refractivity contribution in [2.75, 3.05) is 32.8 Å². The first-order valence-electron chi connectivity index (χ1n) is 8.30. The van der Waals surface area contributed by atoms with Gasteiger partial charge in [0.1, 0.15) is 0 Å². The number of likely N-dealkylation sites (tertiary alicyclic amines) is 1. The minimum atomic E-state index is -0.349. The van der Waals surface area contributed by atoms with Crippen molar-refractivity contribution in [2.45, 2.75) is 25.7 Å². The van der Waals surface area contributed by atoms with Gasteiger partial charge in [0, 0.05) is 25.1 Å². The van der Waals surface area contributed by atoms with Crippen molar-refractivity contribution in [1.82, 2.24) is 10.2 Å². The first kappa shape index (κ1) is 16.9. The van der Waals surface area contributed by atoms with E-state index < -0.39 is 0 Å². The number of carbonyl (C=O) groups excluding carboxylic acids is 2. The standard InChI is InChI=1S/C17H21ClN2O4/c18-13-9-12(10-14-16(13)24-8-4-7-23-14)17(22)19-11-15(21)20-5-2-1-3-6-20/h9-10H,1-8,11H2,(H,19,22). The number of ether oxygens (including phenoxy) is 2. The molecule has 2 aliphatic rings. The monoisotopic (exact) mass is 352 g/mol. The highest BCUT2D eigenvalue weighted by molar-refractivity contribution is 6.32. The Morgan fingerprint density at radius 1 is 1.08 bits per heavy atom. The molecule has 1 fully saturated rings. The first-order valence-corrected chi connectivity index (χ1v) is 8.68. The van der Waals surface area contributed by atoms with Gasteiger partial charge in [-0.05, 0) is 31.4 Å². The van der Waals surface area contributed by atoms with Crippen LogP contribution in [0.25, 0.3) is 0 Å². The van der Waals surface area contributed by atoms with E-state index >= 15 is 0 Å². The van der Waals surface area contributed by atoms with Crippen LogP contribution >= 0.6 is 11.6 Å². The summed E-state index contributed by atoms with van der Waals surface area (Å²) >= 11 is 6.19. The molecular weight excluding hydrogens is 332 g/mol. The molecule has 130 valence electrons. The molecule has 0 spiro atoms. The topological polar surface area (TPSA) is 67.9 Å². The van der Waals surface area contributed by atoms with Gasteiger partial charge in [0.25, 0.3) is 5.91 Å². The predicted octanol–water partition coefficient (Wildman–Crippen LogP) is 2.24. The predicted molar refractivity (Wildman–Crippen MR) is 89.8 cm³/mol. The molecular formula is C17H21ClN2O4. The largest absolute Gasteiger partial charge is 0.489 e.